The van der Waals surface area contributed by atoms with Crippen molar-refractivity contribution in [2.75, 3.05) is 5.32 Å². The van der Waals surface area contributed by atoms with E-state index < -0.39 is 0 Å². The van der Waals surface area contributed by atoms with Gasteiger partial charge in [-0.05, 0) is 83.1 Å². The topological polar surface area (TPSA) is 12.0 Å². The van der Waals surface area contributed by atoms with Crippen LogP contribution < -0.4 is 5.32 Å². The van der Waals surface area contributed by atoms with E-state index in [2.05, 4.69) is 147 Å². The van der Waals surface area contributed by atoms with Gasteiger partial charge >= 0.3 is 0 Å². The van der Waals surface area contributed by atoms with Crippen LogP contribution in [0.5, 0.6) is 0 Å². The number of hydrogen-bond acceptors (Lipinski definition) is 2. The van der Waals surface area contributed by atoms with Crippen molar-refractivity contribution in [2.45, 2.75) is 23.6 Å². The SMILES string of the molecule is C=C(c1ccccc1/C=C\C)c1cc2c(cc1Nc1ccc(C)cc1)-c1ccccc1-c1ccccc1S2. The van der Waals surface area contributed by atoms with Crippen LogP contribution in [0.15, 0.2) is 132 Å². The number of allylic oxidation sites excluding steroid dienone is 1. The zero-order chi connectivity index (χ0) is 26.1. The Hall–Kier alpha value is -4.27. The van der Waals surface area contributed by atoms with Crippen LogP contribution in [-0.2, 0) is 0 Å². The van der Waals surface area contributed by atoms with Crippen molar-refractivity contribution in [3.05, 3.63) is 144 Å². The first-order chi connectivity index (χ1) is 18.6. The highest BCUT2D eigenvalue weighted by molar-refractivity contribution is 7.99. The minimum absolute atomic E-state index is 1.00. The van der Waals surface area contributed by atoms with Gasteiger partial charge in [-0.3, -0.25) is 0 Å². The molecule has 5 aromatic rings. The van der Waals surface area contributed by atoms with Crippen LogP contribution in [0.3, 0.4) is 0 Å². The molecule has 0 atom stereocenters. The highest BCUT2D eigenvalue weighted by atomic mass is 32.2. The molecule has 6 rings (SSSR count). The summed E-state index contributed by atoms with van der Waals surface area (Å²) in [6, 6.07) is 39.1. The summed E-state index contributed by atoms with van der Waals surface area (Å²) in [6.45, 7) is 8.80. The molecule has 0 radical (unpaired) electrons. The Balaban J connectivity index is 1.58. The van der Waals surface area contributed by atoms with Crippen LogP contribution in [-0.4, -0.2) is 0 Å². The smallest absolute Gasteiger partial charge is 0.0470 e. The average molecular weight is 508 g/mol. The molecule has 0 amide bonds. The van der Waals surface area contributed by atoms with Crippen LogP contribution in [0.25, 0.3) is 33.9 Å². The van der Waals surface area contributed by atoms with Crippen molar-refractivity contribution in [3.8, 4) is 22.3 Å². The third kappa shape index (κ3) is 4.49. The van der Waals surface area contributed by atoms with Gasteiger partial charge in [0, 0.05) is 26.7 Å². The Labute approximate surface area is 229 Å². The number of anilines is 2. The van der Waals surface area contributed by atoms with E-state index >= 15 is 0 Å². The molecule has 38 heavy (non-hydrogen) atoms. The van der Waals surface area contributed by atoms with Crippen molar-refractivity contribution in [3.63, 3.8) is 0 Å². The van der Waals surface area contributed by atoms with Crippen LogP contribution in [0.1, 0.15) is 29.2 Å². The predicted molar refractivity (Wildman–Crippen MR) is 165 cm³/mol. The summed E-state index contributed by atoms with van der Waals surface area (Å²) in [6.07, 6.45) is 4.23. The van der Waals surface area contributed by atoms with Gasteiger partial charge < -0.3 is 5.32 Å². The molecule has 0 aromatic heterocycles. The fourth-order valence-electron chi connectivity index (χ4n) is 5.11. The van der Waals surface area contributed by atoms with Gasteiger partial charge in [0.05, 0.1) is 0 Å². The Bertz CT molecular complexity index is 1690. The van der Waals surface area contributed by atoms with E-state index in [1.54, 1.807) is 0 Å². The fourth-order valence-corrected chi connectivity index (χ4v) is 6.24. The van der Waals surface area contributed by atoms with Gasteiger partial charge in [0.2, 0.25) is 0 Å². The zero-order valence-electron chi connectivity index (χ0n) is 21.7. The van der Waals surface area contributed by atoms with E-state index in [1.165, 1.54) is 43.2 Å². The van der Waals surface area contributed by atoms with E-state index in [9.17, 15) is 0 Å². The van der Waals surface area contributed by atoms with Crippen LogP contribution in [0.2, 0.25) is 0 Å². The summed E-state index contributed by atoms with van der Waals surface area (Å²) in [5, 5.41) is 3.74. The Morgan fingerprint density at radius 2 is 1.34 bits per heavy atom. The number of aryl methyl sites for hydroxylation is 1. The van der Waals surface area contributed by atoms with E-state index in [-0.39, 0.29) is 0 Å². The zero-order valence-corrected chi connectivity index (χ0v) is 22.5. The van der Waals surface area contributed by atoms with Gasteiger partial charge in [-0.1, -0.05) is 115 Å². The molecule has 1 heterocycles. The lowest BCUT2D eigenvalue weighted by Gasteiger charge is -2.20. The largest absolute Gasteiger partial charge is 0.355 e. The van der Waals surface area contributed by atoms with Crippen LogP contribution >= 0.6 is 11.8 Å². The summed E-state index contributed by atoms with van der Waals surface area (Å²) < 4.78 is 0. The molecule has 0 unspecified atom stereocenters. The number of fused-ring (bicyclic) bond motifs is 5. The maximum atomic E-state index is 4.63. The number of hydrogen-bond donors (Lipinski definition) is 1. The normalized spacial score (nSPS) is 11.8. The monoisotopic (exact) mass is 507 g/mol. The summed E-state index contributed by atoms with van der Waals surface area (Å²) in [4.78, 5) is 2.50. The van der Waals surface area contributed by atoms with Gasteiger partial charge in [0.15, 0.2) is 0 Å². The van der Waals surface area contributed by atoms with Crippen molar-refractivity contribution in [1.29, 1.82) is 0 Å². The summed E-state index contributed by atoms with van der Waals surface area (Å²) in [7, 11) is 0. The first-order valence-electron chi connectivity index (χ1n) is 12.9. The molecule has 0 aliphatic carbocycles. The van der Waals surface area contributed by atoms with Crippen molar-refractivity contribution < 1.29 is 0 Å². The standard InChI is InChI=1S/C36H29NS/c1-4-11-26-12-5-6-13-28(26)25(3)32-23-36-33(22-34(32)37-27-20-18-24(2)19-21-27)30-15-8-7-14-29(30)31-16-9-10-17-35(31)38-36/h4-23,37H,3H2,1-2H3/b11-4-. The van der Waals surface area contributed by atoms with E-state index in [4.69, 9.17) is 0 Å². The maximum absolute atomic E-state index is 4.63. The number of benzene rings is 5. The molecular weight excluding hydrogens is 478 g/mol. The Morgan fingerprint density at radius 1 is 0.684 bits per heavy atom. The number of rotatable bonds is 5. The van der Waals surface area contributed by atoms with E-state index in [1.807, 2.05) is 11.8 Å². The molecule has 0 spiro atoms. The fraction of sp³-hybridized carbons (Fsp3) is 0.0556. The lowest BCUT2D eigenvalue weighted by Crippen LogP contribution is -2.00. The average Bonchev–Trinajstić information content (AvgIpc) is 3.08. The Morgan fingerprint density at radius 3 is 2.11 bits per heavy atom. The predicted octanol–water partition coefficient (Wildman–Crippen LogP) is 10.6. The first kappa shape index (κ1) is 24.1. The maximum Gasteiger partial charge on any atom is 0.0470 e. The van der Waals surface area contributed by atoms with Crippen LogP contribution in [0, 0.1) is 6.92 Å². The van der Waals surface area contributed by atoms with Crippen molar-refractivity contribution in [2.24, 2.45) is 0 Å². The molecule has 1 aliphatic rings. The second-order valence-electron chi connectivity index (χ2n) is 9.59. The third-order valence-electron chi connectivity index (χ3n) is 7.02. The molecule has 1 nitrogen and oxygen atoms in total. The molecule has 0 saturated carbocycles. The van der Waals surface area contributed by atoms with Gasteiger partial charge in [0.1, 0.15) is 0 Å². The quantitative estimate of drug-likeness (QED) is 0.249. The van der Waals surface area contributed by atoms with Gasteiger partial charge in [-0.15, -0.1) is 0 Å². The van der Waals surface area contributed by atoms with Gasteiger partial charge in [-0.2, -0.15) is 0 Å². The van der Waals surface area contributed by atoms with E-state index in [0.29, 0.717) is 0 Å². The second-order valence-corrected chi connectivity index (χ2v) is 10.7. The van der Waals surface area contributed by atoms with Crippen LogP contribution in [0.4, 0.5) is 11.4 Å². The molecule has 184 valence electrons. The third-order valence-corrected chi connectivity index (χ3v) is 8.16. The Kier molecular flexibility index (Phi) is 6.49. The molecule has 0 saturated heterocycles. The molecule has 0 bridgehead atoms. The molecule has 1 aliphatic heterocycles. The lowest BCUT2D eigenvalue weighted by atomic mass is 9.90. The summed E-state index contributed by atoms with van der Waals surface area (Å²) in [5.74, 6) is 0. The first-order valence-corrected chi connectivity index (χ1v) is 13.7. The summed E-state index contributed by atoms with van der Waals surface area (Å²) >= 11 is 1.84. The molecule has 2 heteroatoms. The van der Waals surface area contributed by atoms with Gasteiger partial charge in [0.25, 0.3) is 0 Å². The molecular formula is C36H29NS. The molecule has 1 N–H and O–H groups in total. The van der Waals surface area contributed by atoms with E-state index in [0.717, 1.165) is 28.1 Å². The minimum Gasteiger partial charge on any atom is -0.355 e. The molecule has 0 fully saturated rings. The minimum atomic E-state index is 1.00. The number of nitrogens with one attached hydrogen (secondary N) is 1. The summed E-state index contributed by atoms with van der Waals surface area (Å²) in [5.41, 5.74) is 12.8. The van der Waals surface area contributed by atoms with Crippen molar-refractivity contribution >= 4 is 34.8 Å². The molecule has 5 aromatic carbocycles. The second kappa shape index (κ2) is 10.2. The lowest BCUT2D eigenvalue weighted by molar-refractivity contribution is 1.39. The highest BCUT2D eigenvalue weighted by Gasteiger charge is 2.23. The van der Waals surface area contributed by atoms with Crippen molar-refractivity contribution in [1.82, 2.24) is 0 Å². The highest BCUT2D eigenvalue weighted by Crippen LogP contribution is 2.50. The van der Waals surface area contributed by atoms with Gasteiger partial charge in [-0.25, -0.2) is 0 Å².